The SMILES string of the molecule is Cc1nc2ccc(Cl)cn2c1C(=O)Nc1cc([N+](=O)[O-])ccc1O. The Bertz CT molecular complexity index is 983. The van der Waals surface area contributed by atoms with Crippen molar-refractivity contribution in [2.75, 3.05) is 5.32 Å². The van der Waals surface area contributed by atoms with Crippen molar-refractivity contribution >= 4 is 34.5 Å². The van der Waals surface area contributed by atoms with Crippen LogP contribution < -0.4 is 5.32 Å². The normalized spacial score (nSPS) is 10.8. The first-order valence-electron chi connectivity index (χ1n) is 6.80. The first kappa shape index (κ1) is 15.8. The highest BCUT2D eigenvalue weighted by Crippen LogP contribution is 2.28. The number of halogens is 1. The van der Waals surface area contributed by atoms with Crippen LogP contribution in [0.4, 0.5) is 11.4 Å². The van der Waals surface area contributed by atoms with E-state index in [4.69, 9.17) is 11.6 Å². The number of fused-ring (bicyclic) bond motifs is 1. The summed E-state index contributed by atoms with van der Waals surface area (Å²) in [5.74, 6) is -0.850. The molecule has 3 rings (SSSR count). The second-order valence-electron chi connectivity index (χ2n) is 5.03. The zero-order chi connectivity index (χ0) is 17.4. The Kier molecular flexibility index (Phi) is 3.82. The Morgan fingerprint density at radius 1 is 1.38 bits per heavy atom. The highest BCUT2D eigenvalue weighted by Gasteiger charge is 2.19. The van der Waals surface area contributed by atoms with Crippen molar-refractivity contribution in [3.63, 3.8) is 0 Å². The van der Waals surface area contributed by atoms with Gasteiger partial charge in [-0.1, -0.05) is 11.6 Å². The van der Waals surface area contributed by atoms with E-state index in [0.717, 1.165) is 18.2 Å². The van der Waals surface area contributed by atoms with Crippen molar-refractivity contribution in [1.29, 1.82) is 0 Å². The van der Waals surface area contributed by atoms with Gasteiger partial charge in [-0.3, -0.25) is 19.3 Å². The van der Waals surface area contributed by atoms with Gasteiger partial charge in [0.2, 0.25) is 0 Å². The van der Waals surface area contributed by atoms with Crippen molar-refractivity contribution in [1.82, 2.24) is 9.38 Å². The molecule has 0 saturated carbocycles. The van der Waals surface area contributed by atoms with Gasteiger partial charge in [-0.15, -0.1) is 0 Å². The molecule has 1 amide bonds. The molecule has 24 heavy (non-hydrogen) atoms. The summed E-state index contributed by atoms with van der Waals surface area (Å²) in [6, 6.07) is 6.68. The molecule has 8 nitrogen and oxygen atoms in total. The highest BCUT2D eigenvalue weighted by atomic mass is 35.5. The fourth-order valence-electron chi connectivity index (χ4n) is 2.33. The standard InChI is InChI=1S/C15H11ClN4O4/c1-8-14(19-7-9(16)2-5-13(19)17-8)15(22)18-11-6-10(20(23)24)3-4-12(11)21/h2-7,21H,1H3,(H,18,22). The summed E-state index contributed by atoms with van der Waals surface area (Å²) in [6.45, 7) is 1.66. The van der Waals surface area contributed by atoms with Crippen LogP contribution in [0.1, 0.15) is 16.2 Å². The maximum atomic E-state index is 12.6. The molecule has 3 aromatic rings. The molecular formula is C15H11ClN4O4. The van der Waals surface area contributed by atoms with Crippen LogP contribution in [0.2, 0.25) is 5.02 Å². The molecular weight excluding hydrogens is 336 g/mol. The van der Waals surface area contributed by atoms with E-state index in [0.29, 0.717) is 16.4 Å². The van der Waals surface area contributed by atoms with E-state index in [-0.39, 0.29) is 22.8 Å². The summed E-state index contributed by atoms with van der Waals surface area (Å²) in [5.41, 5.74) is 0.898. The largest absolute Gasteiger partial charge is 0.506 e. The maximum Gasteiger partial charge on any atom is 0.274 e. The number of non-ortho nitro benzene ring substituents is 1. The molecule has 2 N–H and O–H groups in total. The summed E-state index contributed by atoms with van der Waals surface area (Å²) < 4.78 is 1.52. The summed E-state index contributed by atoms with van der Waals surface area (Å²) in [5, 5.41) is 23.5. The number of aryl methyl sites for hydroxylation is 1. The third-order valence-corrected chi connectivity index (χ3v) is 3.63. The van der Waals surface area contributed by atoms with Gasteiger partial charge >= 0.3 is 0 Å². The lowest BCUT2D eigenvalue weighted by Gasteiger charge is -2.08. The number of hydrogen-bond acceptors (Lipinski definition) is 5. The molecule has 9 heteroatoms. The minimum Gasteiger partial charge on any atom is -0.506 e. The van der Waals surface area contributed by atoms with Gasteiger partial charge in [0.15, 0.2) is 0 Å². The van der Waals surface area contributed by atoms with Crippen molar-refractivity contribution < 1.29 is 14.8 Å². The van der Waals surface area contributed by atoms with Gasteiger partial charge in [0.1, 0.15) is 17.1 Å². The van der Waals surface area contributed by atoms with Crippen molar-refractivity contribution in [2.24, 2.45) is 0 Å². The molecule has 1 aromatic carbocycles. The van der Waals surface area contributed by atoms with Gasteiger partial charge in [-0.05, 0) is 25.1 Å². The number of nitro groups is 1. The Labute approximate surface area is 140 Å². The molecule has 122 valence electrons. The number of pyridine rings is 1. The lowest BCUT2D eigenvalue weighted by Crippen LogP contribution is -2.15. The van der Waals surface area contributed by atoms with Crippen molar-refractivity contribution in [3.05, 3.63) is 63.1 Å². The van der Waals surface area contributed by atoms with E-state index >= 15 is 0 Å². The first-order valence-corrected chi connectivity index (χ1v) is 7.17. The lowest BCUT2D eigenvalue weighted by molar-refractivity contribution is -0.384. The van der Waals surface area contributed by atoms with E-state index in [9.17, 15) is 20.0 Å². The number of aromatic hydroxyl groups is 1. The number of nitrogens with one attached hydrogen (secondary N) is 1. The number of nitro benzene ring substituents is 1. The van der Waals surface area contributed by atoms with Gasteiger partial charge in [-0.2, -0.15) is 0 Å². The molecule has 0 fully saturated rings. The Balaban J connectivity index is 2.02. The van der Waals surface area contributed by atoms with Crippen LogP contribution in [0.25, 0.3) is 5.65 Å². The molecule has 0 saturated heterocycles. The fourth-order valence-corrected chi connectivity index (χ4v) is 2.49. The molecule has 0 atom stereocenters. The average molecular weight is 347 g/mol. The number of benzene rings is 1. The number of carbonyl (C=O) groups excluding carboxylic acids is 1. The topological polar surface area (TPSA) is 110 Å². The molecule has 0 aliphatic rings. The minimum atomic E-state index is -0.617. The van der Waals surface area contributed by atoms with E-state index in [1.165, 1.54) is 4.40 Å². The van der Waals surface area contributed by atoms with Gasteiger partial charge < -0.3 is 10.4 Å². The van der Waals surface area contributed by atoms with E-state index < -0.39 is 10.8 Å². The van der Waals surface area contributed by atoms with Gasteiger partial charge in [0.25, 0.3) is 11.6 Å². The number of hydrogen-bond donors (Lipinski definition) is 2. The quantitative estimate of drug-likeness (QED) is 0.430. The van der Waals surface area contributed by atoms with Crippen LogP contribution in [-0.2, 0) is 0 Å². The van der Waals surface area contributed by atoms with Crippen LogP contribution in [0.5, 0.6) is 5.75 Å². The molecule has 0 bridgehead atoms. The van der Waals surface area contributed by atoms with Crippen molar-refractivity contribution in [3.8, 4) is 5.75 Å². The van der Waals surface area contributed by atoms with Gasteiger partial charge in [0.05, 0.1) is 21.3 Å². The third kappa shape index (κ3) is 2.74. The number of amides is 1. The van der Waals surface area contributed by atoms with E-state index in [2.05, 4.69) is 10.3 Å². The predicted octanol–water partition coefficient (Wildman–Crippen LogP) is 3.16. The summed E-state index contributed by atoms with van der Waals surface area (Å²) in [7, 11) is 0. The second-order valence-corrected chi connectivity index (χ2v) is 5.47. The van der Waals surface area contributed by atoms with E-state index in [1.807, 2.05) is 0 Å². The van der Waals surface area contributed by atoms with Crippen LogP contribution in [0, 0.1) is 17.0 Å². The second kappa shape index (κ2) is 5.82. The van der Waals surface area contributed by atoms with Crippen molar-refractivity contribution in [2.45, 2.75) is 6.92 Å². The molecule has 0 radical (unpaired) electrons. The Morgan fingerprint density at radius 2 is 2.12 bits per heavy atom. The predicted molar refractivity (Wildman–Crippen MR) is 87.7 cm³/mol. The average Bonchev–Trinajstić information content (AvgIpc) is 2.84. The fraction of sp³-hybridized carbons (Fsp3) is 0.0667. The zero-order valence-electron chi connectivity index (χ0n) is 12.4. The highest BCUT2D eigenvalue weighted by molar-refractivity contribution is 6.30. The van der Waals surface area contributed by atoms with E-state index in [1.54, 1.807) is 25.3 Å². The molecule has 0 aliphatic carbocycles. The number of aromatic nitrogens is 2. The molecule has 2 aromatic heterocycles. The maximum absolute atomic E-state index is 12.6. The monoisotopic (exact) mass is 346 g/mol. The number of anilines is 1. The lowest BCUT2D eigenvalue weighted by atomic mass is 10.2. The number of carbonyl (C=O) groups is 1. The minimum absolute atomic E-state index is 0.0643. The van der Waals surface area contributed by atoms with Gasteiger partial charge in [-0.25, -0.2) is 4.98 Å². The Hall–Kier alpha value is -3.13. The number of nitrogens with zero attached hydrogens (tertiary/aromatic N) is 3. The summed E-state index contributed by atoms with van der Waals surface area (Å²) >= 11 is 5.95. The Morgan fingerprint density at radius 3 is 2.83 bits per heavy atom. The number of phenols is 1. The summed E-state index contributed by atoms with van der Waals surface area (Å²) in [4.78, 5) is 27.0. The first-order chi connectivity index (χ1) is 11.4. The zero-order valence-corrected chi connectivity index (χ0v) is 13.1. The van der Waals surface area contributed by atoms with Crippen LogP contribution in [0.15, 0.2) is 36.5 Å². The summed E-state index contributed by atoms with van der Waals surface area (Å²) in [6.07, 6.45) is 1.54. The van der Waals surface area contributed by atoms with Crippen LogP contribution in [0.3, 0.4) is 0 Å². The van der Waals surface area contributed by atoms with Gasteiger partial charge in [0, 0.05) is 18.3 Å². The molecule has 2 heterocycles. The third-order valence-electron chi connectivity index (χ3n) is 3.41. The van der Waals surface area contributed by atoms with Crippen LogP contribution in [-0.4, -0.2) is 25.3 Å². The number of rotatable bonds is 3. The molecule has 0 spiro atoms. The smallest absolute Gasteiger partial charge is 0.274 e. The number of imidazole rings is 1. The molecule has 0 aliphatic heterocycles. The number of phenolic OH excluding ortho intramolecular Hbond substituents is 1. The molecule has 0 unspecified atom stereocenters. The van der Waals surface area contributed by atoms with Crippen LogP contribution >= 0.6 is 11.6 Å².